The minimum Gasteiger partial charge on any atom is -0.362 e. The van der Waals surface area contributed by atoms with Crippen LogP contribution in [-0.2, 0) is 7.05 Å². The molecular formula is C25H22BrF3N6O2. The van der Waals surface area contributed by atoms with Crippen LogP contribution in [0, 0.1) is 6.92 Å². The maximum absolute atomic E-state index is 14.1. The highest BCUT2D eigenvalue weighted by Crippen LogP contribution is 2.46. The number of benzene rings is 2. The largest absolute Gasteiger partial charge is 0.410 e. The predicted molar refractivity (Wildman–Crippen MR) is 136 cm³/mol. The van der Waals surface area contributed by atoms with Crippen LogP contribution < -0.4 is 16.2 Å². The van der Waals surface area contributed by atoms with E-state index in [4.69, 9.17) is 0 Å². The molecule has 0 aliphatic carbocycles. The number of halogens is 4. The van der Waals surface area contributed by atoms with E-state index in [0.717, 1.165) is 4.68 Å². The molecule has 0 saturated heterocycles. The second-order valence-electron chi connectivity index (χ2n) is 8.75. The Labute approximate surface area is 217 Å². The summed E-state index contributed by atoms with van der Waals surface area (Å²) in [4.78, 5) is 26.4. The van der Waals surface area contributed by atoms with Gasteiger partial charge in [0.25, 0.3) is 11.5 Å². The third-order valence-electron chi connectivity index (χ3n) is 6.51. The highest BCUT2D eigenvalue weighted by Gasteiger charge is 2.47. The summed E-state index contributed by atoms with van der Waals surface area (Å²) in [6.45, 7) is 1.66. The van der Waals surface area contributed by atoms with Crippen molar-refractivity contribution in [2.45, 2.75) is 31.6 Å². The van der Waals surface area contributed by atoms with E-state index in [1.165, 1.54) is 4.68 Å². The Kier molecular flexibility index (Phi) is 6.22. The number of alkyl halides is 3. The molecule has 12 heteroatoms. The molecule has 3 heterocycles. The highest BCUT2D eigenvalue weighted by atomic mass is 79.9. The van der Waals surface area contributed by atoms with Gasteiger partial charge in [-0.25, -0.2) is 9.36 Å². The fourth-order valence-corrected chi connectivity index (χ4v) is 5.08. The van der Waals surface area contributed by atoms with Crippen LogP contribution in [0.5, 0.6) is 0 Å². The summed E-state index contributed by atoms with van der Waals surface area (Å²) in [7, 11) is 1.67. The van der Waals surface area contributed by atoms with Crippen molar-refractivity contribution in [3.8, 4) is 5.69 Å². The van der Waals surface area contributed by atoms with E-state index in [2.05, 4.69) is 31.7 Å². The minimum absolute atomic E-state index is 0.0108. The first-order valence-corrected chi connectivity index (χ1v) is 12.2. The van der Waals surface area contributed by atoms with Crippen molar-refractivity contribution in [1.82, 2.24) is 19.1 Å². The van der Waals surface area contributed by atoms with Crippen molar-refractivity contribution in [3.05, 3.63) is 92.4 Å². The number of carbonyl (C=O) groups is 1. The van der Waals surface area contributed by atoms with E-state index in [0.29, 0.717) is 16.9 Å². The van der Waals surface area contributed by atoms with Gasteiger partial charge in [-0.15, -0.1) is 0 Å². The fourth-order valence-electron chi connectivity index (χ4n) is 4.52. The zero-order valence-electron chi connectivity index (χ0n) is 19.8. The first-order chi connectivity index (χ1) is 17.6. The molecule has 2 atom stereocenters. The third-order valence-corrected chi connectivity index (χ3v) is 7.26. The lowest BCUT2D eigenvalue weighted by Gasteiger charge is -2.33. The molecule has 192 valence electrons. The molecule has 1 amide bonds. The van der Waals surface area contributed by atoms with Crippen molar-refractivity contribution < 1.29 is 18.0 Å². The molecule has 37 heavy (non-hydrogen) atoms. The molecule has 4 aromatic rings. The molecule has 0 spiro atoms. The van der Waals surface area contributed by atoms with E-state index >= 15 is 0 Å². The number of nitrogens with one attached hydrogen (secondary N) is 2. The SMILES string of the molecule is Cc1c(NC(=O)c2nn3c(c2Br)N[C@@H](c2ccccc2)C[C@H]3C(F)(F)F)c(=O)n(-c2ccccc2)n1C. The lowest BCUT2D eigenvalue weighted by atomic mass is 9.97. The Morgan fingerprint density at radius 2 is 1.73 bits per heavy atom. The Balaban J connectivity index is 1.52. The summed E-state index contributed by atoms with van der Waals surface area (Å²) in [6, 6.07) is 15.1. The molecule has 2 N–H and O–H groups in total. The van der Waals surface area contributed by atoms with Crippen molar-refractivity contribution in [3.63, 3.8) is 0 Å². The minimum atomic E-state index is -4.59. The number of amides is 1. The van der Waals surface area contributed by atoms with Crippen molar-refractivity contribution >= 4 is 33.3 Å². The van der Waals surface area contributed by atoms with Crippen LogP contribution in [-0.4, -0.2) is 31.2 Å². The van der Waals surface area contributed by atoms with Crippen LogP contribution >= 0.6 is 15.9 Å². The van der Waals surface area contributed by atoms with Crippen LogP contribution in [0.1, 0.15) is 40.3 Å². The number of anilines is 2. The van der Waals surface area contributed by atoms with Gasteiger partial charge in [-0.3, -0.25) is 14.3 Å². The van der Waals surface area contributed by atoms with Crippen molar-refractivity contribution in [1.29, 1.82) is 0 Å². The Bertz CT molecular complexity index is 1530. The van der Waals surface area contributed by atoms with Gasteiger partial charge in [0.15, 0.2) is 11.7 Å². The van der Waals surface area contributed by atoms with Crippen molar-refractivity contribution in [2.24, 2.45) is 7.05 Å². The Morgan fingerprint density at radius 3 is 2.35 bits per heavy atom. The van der Waals surface area contributed by atoms with Gasteiger partial charge in [-0.2, -0.15) is 18.3 Å². The summed E-state index contributed by atoms with van der Waals surface area (Å²) >= 11 is 3.28. The maximum atomic E-state index is 14.1. The van der Waals surface area contributed by atoms with Crippen LogP contribution in [0.25, 0.3) is 5.69 Å². The van der Waals surface area contributed by atoms with Gasteiger partial charge >= 0.3 is 6.18 Å². The number of fused-ring (bicyclic) bond motifs is 1. The van der Waals surface area contributed by atoms with E-state index in [1.807, 2.05) is 6.07 Å². The summed E-state index contributed by atoms with van der Waals surface area (Å²) in [6.07, 6.45) is -4.89. The molecule has 2 aromatic carbocycles. The number of para-hydroxylation sites is 1. The molecule has 1 aliphatic heterocycles. The quantitative estimate of drug-likeness (QED) is 0.344. The number of hydrogen-bond acceptors (Lipinski definition) is 4. The summed E-state index contributed by atoms with van der Waals surface area (Å²) in [5.74, 6) is -0.766. The van der Waals surface area contributed by atoms with Gasteiger partial charge in [0.05, 0.1) is 21.9 Å². The van der Waals surface area contributed by atoms with Crippen LogP contribution in [0.4, 0.5) is 24.7 Å². The number of nitrogens with zero attached hydrogens (tertiary/aromatic N) is 4. The van der Waals surface area contributed by atoms with Crippen LogP contribution in [0.2, 0.25) is 0 Å². The second kappa shape index (κ2) is 9.25. The first-order valence-electron chi connectivity index (χ1n) is 11.4. The number of carbonyl (C=O) groups excluding carboxylic acids is 1. The zero-order valence-corrected chi connectivity index (χ0v) is 21.3. The van der Waals surface area contributed by atoms with Crippen molar-refractivity contribution in [2.75, 3.05) is 10.6 Å². The van der Waals surface area contributed by atoms with Crippen LogP contribution in [0.3, 0.4) is 0 Å². The van der Waals surface area contributed by atoms with E-state index in [9.17, 15) is 22.8 Å². The Morgan fingerprint density at radius 1 is 1.11 bits per heavy atom. The smallest absolute Gasteiger partial charge is 0.362 e. The molecular weight excluding hydrogens is 553 g/mol. The van der Waals surface area contributed by atoms with E-state index < -0.39 is 29.7 Å². The normalized spacial score (nSPS) is 17.2. The maximum Gasteiger partial charge on any atom is 0.410 e. The average Bonchev–Trinajstić information content (AvgIpc) is 3.32. The molecule has 0 fully saturated rings. The average molecular weight is 575 g/mol. The molecule has 0 bridgehead atoms. The fraction of sp³-hybridized carbons (Fsp3) is 0.240. The van der Waals surface area contributed by atoms with Gasteiger partial charge in [0.1, 0.15) is 11.5 Å². The van der Waals surface area contributed by atoms with E-state index in [-0.39, 0.29) is 28.1 Å². The predicted octanol–water partition coefficient (Wildman–Crippen LogP) is 5.36. The van der Waals surface area contributed by atoms with E-state index in [1.54, 1.807) is 73.3 Å². The molecule has 1 aliphatic rings. The molecule has 0 radical (unpaired) electrons. The summed E-state index contributed by atoms with van der Waals surface area (Å²) in [5, 5.41) is 9.68. The Hall–Kier alpha value is -3.80. The van der Waals surface area contributed by atoms with Gasteiger partial charge in [0.2, 0.25) is 0 Å². The first kappa shape index (κ1) is 24.9. The lowest BCUT2D eigenvalue weighted by Crippen LogP contribution is -2.35. The number of aromatic nitrogens is 4. The topological polar surface area (TPSA) is 85.9 Å². The standard InChI is InChI=1S/C25H22BrF3N6O2/c1-14-20(24(37)35(33(14)2)16-11-7-4-8-12-16)31-23(36)21-19(26)22-30-17(15-9-5-3-6-10-15)13-18(25(27,28)29)34(22)32-21/h3-12,17-18,30H,13H2,1-2H3,(H,31,36)/t17-,18+/m1/s1. The summed E-state index contributed by atoms with van der Waals surface area (Å²) in [5.41, 5.74) is 1.02. The highest BCUT2D eigenvalue weighted by molar-refractivity contribution is 9.10. The molecule has 2 aromatic heterocycles. The van der Waals surface area contributed by atoms with Gasteiger partial charge < -0.3 is 10.6 Å². The second-order valence-corrected chi connectivity index (χ2v) is 9.54. The monoisotopic (exact) mass is 574 g/mol. The zero-order chi connectivity index (χ0) is 26.5. The number of hydrogen-bond donors (Lipinski definition) is 2. The molecule has 0 saturated carbocycles. The third kappa shape index (κ3) is 4.35. The molecule has 0 unspecified atom stereocenters. The van der Waals surface area contributed by atoms with Gasteiger partial charge in [0, 0.05) is 13.5 Å². The van der Waals surface area contributed by atoms with Crippen LogP contribution in [0.15, 0.2) is 69.9 Å². The summed E-state index contributed by atoms with van der Waals surface area (Å²) < 4.78 is 46.0. The molecule has 8 nitrogen and oxygen atoms in total. The van der Waals surface area contributed by atoms with Gasteiger partial charge in [-0.05, 0) is 40.5 Å². The molecule has 5 rings (SSSR count). The number of rotatable bonds is 4. The van der Waals surface area contributed by atoms with Gasteiger partial charge in [-0.1, -0.05) is 48.5 Å². The lowest BCUT2D eigenvalue weighted by molar-refractivity contribution is -0.173.